The first-order valence-electron chi connectivity index (χ1n) is 4.49. The molecule has 2 aromatic rings. The number of aryl methyl sites for hydroxylation is 1. The summed E-state index contributed by atoms with van der Waals surface area (Å²) in [6, 6.07) is 5.40. The number of carbonyl (C=O) groups is 1. The van der Waals surface area contributed by atoms with Crippen LogP contribution in [0.5, 0.6) is 0 Å². The van der Waals surface area contributed by atoms with E-state index in [-0.39, 0.29) is 5.97 Å². The molecule has 0 saturated heterocycles. The van der Waals surface area contributed by atoms with Crippen LogP contribution in [0.4, 0.5) is 0 Å². The standard InChI is InChI=1S/C11H10ClNO2/c1-7-5-9(11(14)15-2)6-8-3-4-13(12)10(7)8/h3-6H,1-2H3. The number of halogens is 1. The highest BCUT2D eigenvalue weighted by Gasteiger charge is 2.10. The van der Waals surface area contributed by atoms with Gasteiger partial charge in [0.2, 0.25) is 0 Å². The fraction of sp³-hybridized carbons (Fsp3) is 0.182. The van der Waals surface area contributed by atoms with E-state index in [0.29, 0.717) is 5.56 Å². The number of rotatable bonds is 1. The molecule has 0 amide bonds. The predicted octanol–water partition coefficient (Wildman–Crippen LogP) is 2.74. The molecular formula is C11H10ClNO2. The summed E-state index contributed by atoms with van der Waals surface area (Å²) in [6.07, 6.45) is 1.75. The number of benzene rings is 1. The number of ether oxygens (including phenoxy) is 1. The van der Waals surface area contributed by atoms with Crippen molar-refractivity contribution >= 4 is 28.6 Å². The van der Waals surface area contributed by atoms with E-state index in [0.717, 1.165) is 16.5 Å². The zero-order valence-electron chi connectivity index (χ0n) is 8.45. The third kappa shape index (κ3) is 1.59. The molecule has 0 atom stereocenters. The third-order valence-electron chi connectivity index (χ3n) is 2.35. The number of fused-ring (bicyclic) bond motifs is 1. The molecule has 0 spiro atoms. The molecule has 1 heterocycles. The Morgan fingerprint density at radius 3 is 2.87 bits per heavy atom. The number of methoxy groups -OCH3 is 1. The van der Waals surface area contributed by atoms with Crippen molar-refractivity contribution in [2.45, 2.75) is 6.92 Å². The van der Waals surface area contributed by atoms with E-state index >= 15 is 0 Å². The van der Waals surface area contributed by atoms with E-state index < -0.39 is 0 Å². The lowest BCUT2D eigenvalue weighted by atomic mass is 10.1. The first-order valence-corrected chi connectivity index (χ1v) is 4.83. The monoisotopic (exact) mass is 223 g/mol. The molecule has 1 aromatic heterocycles. The maximum Gasteiger partial charge on any atom is 0.337 e. The number of hydrogen-bond acceptors (Lipinski definition) is 2. The van der Waals surface area contributed by atoms with Gasteiger partial charge in [0.15, 0.2) is 0 Å². The molecule has 0 unspecified atom stereocenters. The van der Waals surface area contributed by atoms with Gasteiger partial charge in [-0.15, -0.1) is 0 Å². The summed E-state index contributed by atoms with van der Waals surface area (Å²) in [5, 5.41) is 0.936. The lowest BCUT2D eigenvalue weighted by Crippen LogP contribution is -2.01. The molecule has 0 fully saturated rings. The zero-order valence-corrected chi connectivity index (χ0v) is 9.21. The van der Waals surface area contributed by atoms with Gasteiger partial charge in [0.05, 0.1) is 18.2 Å². The van der Waals surface area contributed by atoms with E-state index in [1.165, 1.54) is 11.2 Å². The van der Waals surface area contributed by atoms with Gasteiger partial charge in [0.1, 0.15) is 0 Å². The zero-order chi connectivity index (χ0) is 11.0. The number of carbonyl (C=O) groups excluding carboxylic acids is 1. The second kappa shape index (κ2) is 3.59. The van der Waals surface area contributed by atoms with Crippen LogP contribution in [0.1, 0.15) is 15.9 Å². The van der Waals surface area contributed by atoms with Crippen molar-refractivity contribution in [3.63, 3.8) is 0 Å². The van der Waals surface area contributed by atoms with Crippen molar-refractivity contribution in [1.29, 1.82) is 0 Å². The molecule has 3 nitrogen and oxygen atoms in total. The number of nitrogens with zero attached hydrogens (tertiary/aromatic N) is 1. The minimum Gasteiger partial charge on any atom is -0.465 e. The van der Waals surface area contributed by atoms with Gasteiger partial charge in [-0.1, -0.05) is 0 Å². The van der Waals surface area contributed by atoms with Crippen LogP contribution in [-0.4, -0.2) is 17.2 Å². The Labute approximate surface area is 92.3 Å². The minimum absolute atomic E-state index is 0.331. The van der Waals surface area contributed by atoms with E-state index in [9.17, 15) is 4.79 Å². The quantitative estimate of drug-likeness (QED) is 0.696. The highest BCUT2D eigenvalue weighted by atomic mass is 35.5. The van der Waals surface area contributed by atoms with Gasteiger partial charge < -0.3 is 4.74 Å². The number of aromatic nitrogens is 1. The van der Waals surface area contributed by atoms with Crippen LogP contribution in [0.25, 0.3) is 10.9 Å². The first kappa shape index (κ1) is 10.1. The maximum absolute atomic E-state index is 11.4. The Morgan fingerprint density at radius 2 is 2.20 bits per heavy atom. The molecule has 78 valence electrons. The molecule has 4 heteroatoms. The summed E-state index contributed by atoms with van der Waals surface area (Å²) in [5.74, 6) is -0.331. The minimum atomic E-state index is -0.331. The summed E-state index contributed by atoms with van der Waals surface area (Å²) < 4.78 is 6.19. The van der Waals surface area contributed by atoms with Gasteiger partial charge in [-0.05, 0) is 30.7 Å². The average Bonchev–Trinajstić information content (AvgIpc) is 2.59. The van der Waals surface area contributed by atoms with Crippen molar-refractivity contribution in [1.82, 2.24) is 4.09 Å². The van der Waals surface area contributed by atoms with Crippen LogP contribution in [0.2, 0.25) is 0 Å². The second-order valence-electron chi connectivity index (χ2n) is 3.35. The van der Waals surface area contributed by atoms with E-state index in [1.54, 1.807) is 18.3 Å². The normalized spacial score (nSPS) is 10.6. The SMILES string of the molecule is COC(=O)c1cc(C)c2c(ccn2Cl)c1. The smallest absolute Gasteiger partial charge is 0.337 e. The molecule has 0 aliphatic rings. The van der Waals surface area contributed by atoms with Gasteiger partial charge in [-0.3, -0.25) is 4.09 Å². The molecule has 0 aliphatic heterocycles. The third-order valence-corrected chi connectivity index (χ3v) is 2.63. The van der Waals surface area contributed by atoms with Crippen LogP contribution in [0.3, 0.4) is 0 Å². The number of esters is 1. The Kier molecular flexibility index (Phi) is 2.40. The number of hydrogen-bond donors (Lipinski definition) is 0. The molecule has 0 aliphatic carbocycles. The van der Waals surface area contributed by atoms with Gasteiger partial charge in [0.25, 0.3) is 0 Å². The summed E-state index contributed by atoms with van der Waals surface area (Å²) in [7, 11) is 1.37. The van der Waals surface area contributed by atoms with Crippen LogP contribution < -0.4 is 0 Å². The average molecular weight is 224 g/mol. The topological polar surface area (TPSA) is 31.2 Å². The van der Waals surface area contributed by atoms with Crippen molar-refractivity contribution in [2.75, 3.05) is 7.11 Å². The summed E-state index contributed by atoms with van der Waals surface area (Å²) >= 11 is 5.94. The molecular weight excluding hydrogens is 214 g/mol. The molecule has 0 saturated carbocycles. The van der Waals surface area contributed by atoms with Crippen LogP contribution in [0.15, 0.2) is 24.4 Å². The largest absolute Gasteiger partial charge is 0.465 e. The van der Waals surface area contributed by atoms with E-state index in [2.05, 4.69) is 4.74 Å². The van der Waals surface area contributed by atoms with E-state index in [1.807, 2.05) is 13.0 Å². The van der Waals surface area contributed by atoms with Crippen LogP contribution in [0, 0.1) is 6.92 Å². The van der Waals surface area contributed by atoms with Crippen LogP contribution >= 0.6 is 11.8 Å². The predicted molar refractivity (Wildman–Crippen MR) is 59.3 cm³/mol. The highest BCUT2D eigenvalue weighted by Crippen LogP contribution is 2.23. The van der Waals surface area contributed by atoms with Crippen molar-refractivity contribution in [2.24, 2.45) is 0 Å². The Morgan fingerprint density at radius 1 is 1.47 bits per heavy atom. The van der Waals surface area contributed by atoms with Crippen molar-refractivity contribution in [3.05, 3.63) is 35.5 Å². The second-order valence-corrected chi connectivity index (χ2v) is 3.71. The Balaban J connectivity index is 2.68. The maximum atomic E-state index is 11.4. The van der Waals surface area contributed by atoms with Crippen LogP contribution in [-0.2, 0) is 4.74 Å². The van der Waals surface area contributed by atoms with Gasteiger partial charge in [-0.2, -0.15) is 0 Å². The summed E-state index contributed by atoms with van der Waals surface area (Å²) in [5.41, 5.74) is 2.42. The lowest BCUT2D eigenvalue weighted by molar-refractivity contribution is 0.0601. The van der Waals surface area contributed by atoms with Gasteiger partial charge in [-0.25, -0.2) is 4.79 Å². The Hall–Kier alpha value is -1.48. The molecule has 2 rings (SSSR count). The highest BCUT2D eigenvalue weighted by molar-refractivity contribution is 6.19. The summed E-state index contributed by atoms with van der Waals surface area (Å²) in [4.78, 5) is 11.4. The van der Waals surface area contributed by atoms with Crippen molar-refractivity contribution < 1.29 is 9.53 Å². The molecule has 1 aromatic carbocycles. The molecule has 0 N–H and O–H groups in total. The van der Waals surface area contributed by atoms with Gasteiger partial charge >= 0.3 is 5.97 Å². The lowest BCUT2D eigenvalue weighted by Gasteiger charge is -2.03. The summed E-state index contributed by atoms with van der Waals surface area (Å²) in [6.45, 7) is 1.91. The van der Waals surface area contributed by atoms with E-state index in [4.69, 9.17) is 11.8 Å². The Bertz CT molecular complexity index is 531. The fourth-order valence-electron chi connectivity index (χ4n) is 1.68. The molecule has 0 radical (unpaired) electrons. The van der Waals surface area contributed by atoms with Crippen molar-refractivity contribution in [3.8, 4) is 0 Å². The fourth-order valence-corrected chi connectivity index (χ4v) is 1.97. The molecule has 15 heavy (non-hydrogen) atoms. The molecule has 0 bridgehead atoms. The van der Waals surface area contributed by atoms with Gasteiger partial charge in [0, 0.05) is 23.4 Å². The first-order chi connectivity index (χ1) is 7.13.